The number of barbiturate groups is 1. The zero-order valence-electron chi connectivity index (χ0n) is 16.8. The number of hydrogen-bond donors (Lipinski definition) is 1. The zero-order valence-corrected chi connectivity index (χ0v) is 16.8. The van der Waals surface area contributed by atoms with E-state index in [2.05, 4.69) is 11.9 Å². The number of hydrogen-bond acceptors (Lipinski definition) is 5. The Morgan fingerprint density at radius 3 is 2.50 bits per heavy atom. The molecule has 0 atom stereocenters. The normalized spacial score (nSPS) is 15.2. The largest absolute Gasteiger partial charge is 0.493 e. The summed E-state index contributed by atoms with van der Waals surface area (Å²) in [6, 6.07) is 11.1. The van der Waals surface area contributed by atoms with Crippen molar-refractivity contribution in [3.05, 3.63) is 71.8 Å². The predicted octanol–water partition coefficient (Wildman–Crippen LogP) is 3.49. The van der Waals surface area contributed by atoms with Crippen molar-refractivity contribution in [2.24, 2.45) is 0 Å². The zero-order chi connectivity index (χ0) is 21.7. The van der Waals surface area contributed by atoms with Gasteiger partial charge >= 0.3 is 6.03 Å². The fourth-order valence-corrected chi connectivity index (χ4v) is 3.20. The van der Waals surface area contributed by atoms with Crippen molar-refractivity contribution in [3.8, 4) is 11.5 Å². The van der Waals surface area contributed by atoms with Gasteiger partial charge in [-0.2, -0.15) is 0 Å². The predicted molar refractivity (Wildman–Crippen MR) is 114 cm³/mol. The van der Waals surface area contributed by atoms with E-state index in [4.69, 9.17) is 9.47 Å². The van der Waals surface area contributed by atoms with Crippen molar-refractivity contribution in [1.29, 1.82) is 0 Å². The Morgan fingerprint density at radius 2 is 1.87 bits per heavy atom. The Bertz CT molecular complexity index is 1030. The molecular weight excluding hydrogens is 384 g/mol. The third-order valence-corrected chi connectivity index (χ3v) is 4.45. The summed E-state index contributed by atoms with van der Waals surface area (Å²) in [5, 5.41) is 2.22. The molecule has 0 saturated carbocycles. The fourth-order valence-electron chi connectivity index (χ4n) is 3.20. The van der Waals surface area contributed by atoms with Crippen molar-refractivity contribution in [2.75, 3.05) is 18.6 Å². The first-order valence-electron chi connectivity index (χ1n) is 9.41. The molecule has 1 aliphatic heterocycles. The first-order chi connectivity index (χ1) is 14.5. The first-order valence-corrected chi connectivity index (χ1v) is 9.41. The van der Waals surface area contributed by atoms with E-state index in [0.29, 0.717) is 35.8 Å². The van der Waals surface area contributed by atoms with Gasteiger partial charge in [0.15, 0.2) is 11.5 Å². The topological polar surface area (TPSA) is 84.9 Å². The number of rotatable bonds is 7. The molecule has 154 valence electrons. The van der Waals surface area contributed by atoms with E-state index in [1.54, 1.807) is 55.7 Å². The molecule has 2 aromatic carbocycles. The lowest BCUT2D eigenvalue weighted by Crippen LogP contribution is -2.54. The standard InChI is InChI=1S/C23H22N2O5/c1-4-9-16-12-15(14-19(30-5-2)20(16)29-3)13-18-21(26)24-23(28)25(22(18)27)17-10-7-6-8-11-17/h4,6-8,10-14H,1,5,9H2,2-3H3,(H,24,26,28)/b18-13+. The number of benzene rings is 2. The molecule has 4 amide bonds. The number of nitrogens with zero attached hydrogens (tertiary/aromatic N) is 1. The molecule has 0 radical (unpaired) electrons. The van der Waals surface area contributed by atoms with Gasteiger partial charge in [-0.1, -0.05) is 24.3 Å². The summed E-state index contributed by atoms with van der Waals surface area (Å²) in [5.41, 5.74) is 1.58. The molecule has 30 heavy (non-hydrogen) atoms. The van der Waals surface area contributed by atoms with E-state index < -0.39 is 17.8 Å². The van der Waals surface area contributed by atoms with Crippen molar-refractivity contribution in [2.45, 2.75) is 13.3 Å². The van der Waals surface area contributed by atoms with Crippen LogP contribution < -0.4 is 19.7 Å². The van der Waals surface area contributed by atoms with Crippen LogP contribution in [0.4, 0.5) is 10.5 Å². The van der Waals surface area contributed by atoms with Crippen molar-refractivity contribution >= 4 is 29.6 Å². The van der Waals surface area contributed by atoms with Gasteiger partial charge in [0.2, 0.25) is 0 Å². The van der Waals surface area contributed by atoms with Gasteiger partial charge in [0.1, 0.15) is 5.57 Å². The number of para-hydroxylation sites is 1. The summed E-state index contributed by atoms with van der Waals surface area (Å²) in [7, 11) is 1.55. The number of anilines is 1. The van der Waals surface area contributed by atoms with Crippen molar-refractivity contribution < 1.29 is 23.9 Å². The molecule has 0 aliphatic carbocycles. The molecule has 1 aliphatic rings. The van der Waals surface area contributed by atoms with Gasteiger partial charge in [0.05, 0.1) is 19.4 Å². The average molecular weight is 406 g/mol. The quantitative estimate of drug-likeness (QED) is 0.432. The summed E-state index contributed by atoms with van der Waals surface area (Å²) < 4.78 is 11.1. The molecule has 0 aromatic heterocycles. The van der Waals surface area contributed by atoms with Crippen molar-refractivity contribution in [1.82, 2.24) is 5.32 Å². The second kappa shape index (κ2) is 9.09. The summed E-state index contributed by atoms with van der Waals surface area (Å²) >= 11 is 0. The minimum absolute atomic E-state index is 0.157. The number of ether oxygens (including phenoxy) is 2. The van der Waals surface area contributed by atoms with Crippen LogP contribution in [0.25, 0.3) is 6.08 Å². The highest BCUT2D eigenvalue weighted by atomic mass is 16.5. The maximum Gasteiger partial charge on any atom is 0.335 e. The second-order valence-corrected chi connectivity index (χ2v) is 6.43. The molecule has 7 nitrogen and oxygen atoms in total. The number of allylic oxidation sites excluding steroid dienone is 1. The molecule has 7 heteroatoms. The van der Waals surface area contributed by atoms with E-state index in [0.717, 1.165) is 10.5 Å². The summed E-state index contributed by atoms with van der Waals surface area (Å²) in [5.74, 6) is -0.393. The lowest BCUT2D eigenvalue weighted by molar-refractivity contribution is -0.122. The molecule has 3 rings (SSSR count). The molecular formula is C23H22N2O5. The Balaban J connectivity index is 2.08. The van der Waals surface area contributed by atoms with Crippen molar-refractivity contribution in [3.63, 3.8) is 0 Å². The number of nitrogens with one attached hydrogen (secondary N) is 1. The van der Waals surface area contributed by atoms with E-state index in [9.17, 15) is 14.4 Å². The average Bonchev–Trinajstić information content (AvgIpc) is 2.72. The molecule has 0 bridgehead atoms. The molecule has 0 spiro atoms. The summed E-state index contributed by atoms with van der Waals surface area (Å²) in [6.45, 7) is 6.02. The van der Waals surface area contributed by atoms with E-state index in [-0.39, 0.29) is 5.57 Å². The number of methoxy groups -OCH3 is 1. The third kappa shape index (κ3) is 4.10. The van der Waals surface area contributed by atoms with Crippen LogP contribution in [0.1, 0.15) is 18.1 Å². The molecule has 1 saturated heterocycles. The molecule has 2 aromatic rings. The minimum Gasteiger partial charge on any atom is -0.493 e. The van der Waals surface area contributed by atoms with Crippen LogP contribution in [0.2, 0.25) is 0 Å². The van der Waals surface area contributed by atoms with Crippen LogP contribution in [0.15, 0.2) is 60.7 Å². The molecule has 1 N–H and O–H groups in total. The summed E-state index contributed by atoms with van der Waals surface area (Å²) in [4.78, 5) is 38.6. The third-order valence-electron chi connectivity index (χ3n) is 4.45. The SMILES string of the molecule is C=CCc1cc(/C=C2\C(=O)NC(=O)N(c3ccccc3)C2=O)cc(OCC)c1OC. The highest BCUT2D eigenvalue weighted by Gasteiger charge is 2.36. The van der Waals surface area contributed by atoms with Crippen LogP contribution in [0.3, 0.4) is 0 Å². The van der Waals surface area contributed by atoms with Crippen LogP contribution in [-0.4, -0.2) is 31.6 Å². The number of carbonyl (C=O) groups excluding carboxylic acids is 3. The Labute approximate surface area is 174 Å². The summed E-state index contributed by atoms with van der Waals surface area (Å²) in [6.07, 6.45) is 3.67. The van der Waals surface area contributed by atoms with Gasteiger partial charge in [0.25, 0.3) is 11.8 Å². The lowest BCUT2D eigenvalue weighted by atomic mass is 10.0. The van der Waals surface area contributed by atoms with Gasteiger partial charge in [-0.25, -0.2) is 9.69 Å². The van der Waals surface area contributed by atoms with E-state index in [1.807, 2.05) is 6.92 Å². The van der Waals surface area contributed by atoms with Gasteiger partial charge in [-0.3, -0.25) is 14.9 Å². The number of urea groups is 1. The highest BCUT2D eigenvalue weighted by Crippen LogP contribution is 2.34. The Hall–Kier alpha value is -3.87. The van der Waals surface area contributed by atoms with Crippen LogP contribution in [0.5, 0.6) is 11.5 Å². The number of amides is 4. The number of imide groups is 2. The molecule has 1 heterocycles. The minimum atomic E-state index is -0.787. The number of carbonyl (C=O) groups is 3. The Kier molecular flexibility index (Phi) is 6.32. The van der Waals surface area contributed by atoms with E-state index >= 15 is 0 Å². The highest BCUT2D eigenvalue weighted by molar-refractivity contribution is 6.39. The maximum atomic E-state index is 13.0. The van der Waals surface area contributed by atoms with Crippen LogP contribution >= 0.6 is 0 Å². The second-order valence-electron chi connectivity index (χ2n) is 6.43. The van der Waals surface area contributed by atoms with Gasteiger partial charge in [0, 0.05) is 5.56 Å². The lowest BCUT2D eigenvalue weighted by Gasteiger charge is -2.26. The molecule has 0 unspecified atom stereocenters. The van der Waals surface area contributed by atoms with Crippen LogP contribution in [-0.2, 0) is 16.0 Å². The first kappa shape index (κ1) is 20.9. The molecule has 1 fully saturated rings. The monoisotopic (exact) mass is 406 g/mol. The van der Waals surface area contributed by atoms with Gasteiger partial charge in [-0.15, -0.1) is 6.58 Å². The van der Waals surface area contributed by atoms with Crippen LogP contribution in [0, 0.1) is 0 Å². The fraction of sp³-hybridized carbons (Fsp3) is 0.174. The van der Waals surface area contributed by atoms with E-state index in [1.165, 1.54) is 6.08 Å². The van der Waals surface area contributed by atoms with Gasteiger partial charge < -0.3 is 9.47 Å². The van der Waals surface area contributed by atoms with Gasteiger partial charge in [-0.05, 0) is 49.2 Å². The maximum absolute atomic E-state index is 13.0. The smallest absolute Gasteiger partial charge is 0.335 e. The Morgan fingerprint density at radius 1 is 1.13 bits per heavy atom.